The smallest absolute Gasteiger partial charge is 0.341 e. The van der Waals surface area contributed by atoms with Crippen LogP contribution in [0.3, 0.4) is 0 Å². The van der Waals surface area contributed by atoms with Crippen molar-refractivity contribution in [1.82, 2.24) is 19.7 Å². The SMILES string of the molecule is CCOC(=O)c1cnn(-c2cnc3cc(F)c(F)cc3n2)c1C(F)F. The highest BCUT2D eigenvalue weighted by molar-refractivity contribution is 5.90. The van der Waals surface area contributed by atoms with Crippen LogP contribution < -0.4 is 0 Å². The second-order valence-corrected chi connectivity index (χ2v) is 4.86. The number of ether oxygens (including phenoxy) is 1. The molecule has 0 N–H and O–H groups in total. The van der Waals surface area contributed by atoms with E-state index in [0.717, 1.165) is 24.5 Å². The predicted molar refractivity (Wildman–Crippen MR) is 77.5 cm³/mol. The van der Waals surface area contributed by atoms with Gasteiger partial charge in [-0.25, -0.2) is 32.0 Å². The van der Waals surface area contributed by atoms with Gasteiger partial charge in [-0.05, 0) is 6.92 Å². The van der Waals surface area contributed by atoms with E-state index in [1.165, 1.54) is 6.92 Å². The van der Waals surface area contributed by atoms with Crippen molar-refractivity contribution >= 4 is 17.0 Å². The van der Waals surface area contributed by atoms with E-state index in [9.17, 15) is 22.4 Å². The molecule has 0 aliphatic carbocycles. The quantitative estimate of drug-likeness (QED) is 0.532. The van der Waals surface area contributed by atoms with Crippen LogP contribution >= 0.6 is 0 Å². The Bertz CT molecular complexity index is 958. The second-order valence-electron chi connectivity index (χ2n) is 4.86. The van der Waals surface area contributed by atoms with Crippen molar-refractivity contribution in [2.24, 2.45) is 0 Å². The molecule has 2 heterocycles. The topological polar surface area (TPSA) is 69.9 Å². The molecule has 25 heavy (non-hydrogen) atoms. The monoisotopic (exact) mass is 354 g/mol. The van der Waals surface area contributed by atoms with Gasteiger partial charge >= 0.3 is 5.97 Å². The average molecular weight is 354 g/mol. The molecule has 3 aromatic rings. The molecule has 0 bridgehead atoms. The largest absolute Gasteiger partial charge is 0.462 e. The lowest BCUT2D eigenvalue weighted by atomic mass is 10.2. The summed E-state index contributed by atoms with van der Waals surface area (Å²) in [6.45, 7) is 1.54. The van der Waals surface area contributed by atoms with Crippen LogP contribution in [0.1, 0.15) is 29.4 Å². The number of alkyl halides is 2. The third-order valence-electron chi connectivity index (χ3n) is 3.30. The Labute approximate surface area is 138 Å². The van der Waals surface area contributed by atoms with Gasteiger partial charge in [0, 0.05) is 12.1 Å². The maximum absolute atomic E-state index is 13.4. The number of aromatic nitrogens is 4. The summed E-state index contributed by atoms with van der Waals surface area (Å²) in [7, 11) is 0. The molecule has 10 heteroatoms. The maximum Gasteiger partial charge on any atom is 0.341 e. The number of rotatable bonds is 4. The minimum atomic E-state index is -3.05. The van der Waals surface area contributed by atoms with Crippen molar-refractivity contribution in [3.05, 3.63) is 47.4 Å². The van der Waals surface area contributed by atoms with E-state index >= 15 is 0 Å². The molecule has 0 aliphatic heterocycles. The summed E-state index contributed by atoms with van der Waals surface area (Å²) in [5.41, 5.74) is -1.15. The van der Waals surface area contributed by atoms with Gasteiger partial charge in [-0.1, -0.05) is 0 Å². The first-order valence-electron chi connectivity index (χ1n) is 7.07. The van der Waals surface area contributed by atoms with Gasteiger partial charge in [-0.15, -0.1) is 0 Å². The molecule has 0 fully saturated rings. The van der Waals surface area contributed by atoms with Crippen molar-refractivity contribution in [2.45, 2.75) is 13.3 Å². The number of esters is 1. The summed E-state index contributed by atoms with van der Waals surface area (Å²) in [6, 6.07) is 1.63. The first-order chi connectivity index (χ1) is 11.9. The van der Waals surface area contributed by atoms with Crippen LogP contribution in [0.4, 0.5) is 17.6 Å². The molecule has 0 aliphatic rings. The number of carbonyl (C=O) groups excluding carboxylic acids is 1. The van der Waals surface area contributed by atoms with Crippen molar-refractivity contribution in [1.29, 1.82) is 0 Å². The van der Waals surface area contributed by atoms with Crippen LogP contribution in [0, 0.1) is 11.6 Å². The van der Waals surface area contributed by atoms with Crippen molar-refractivity contribution in [3.63, 3.8) is 0 Å². The standard InChI is InChI=1S/C15H10F4N4O2/c1-2-25-15(24)7-5-21-23(13(7)14(18)19)12-6-20-10-3-8(16)9(17)4-11(10)22-12/h3-6,14H,2H2,1H3. The van der Waals surface area contributed by atoms with Crippen molar-refractivity contribution in [3.8, 4) is 5.82 Å². The number of halogens is 4. The van der Waals surface area contributed by atoms with Crippen LogP contribution in [0.2, 0.25) is 0 Å². The molecule has 6 nitrogen and oxygen atoms in total. The van der Waals surface area contributed by atoms with Crippen molar-refractivity contribution in [2.75, 3.05) is 6.61 Å². The number of fused-ring (bicyclic) bond motifs is 1. The summed E-state index contributed by atoms with van der Waals surface area (Å²) < 4.78 is 58.8. The molecular formula is C15H10F4N4O2. The third kappa shape index (κ3) is 3.02. The zero-order valence-electron chi connectivity index (χ0n) is 12.7. The normalized spacial score (nSPS) is 11.3. The molecule has 0 saturated heterocycles. The number of hydrogen-bond donors (Lipinski definition) is 0. The van der Waals surface area contributed by atoms with Crippen LogP contribution in [0.5, 0.6) is 0 Å². The van der Waals surface area contributed by atoms with Gasteiger partial charge in [-0.3, -0.25) is 4.98 Å². The molecule has 130 valence electrons. The minimum Gasteiger partial charge on any atom is -0.462 e. The van der Waals surface area contributed by atoms with E-state index in [0.29, 0.717) is 4.68 Å². The summed E-state index contributed by atoms with van der Waals surface area (Å²) >= 11 is 0. The van der Waals surface area contributed by atoms with Crippen LogP contribution in [0.15, 0.2) is 24.5 Å². The van der Waals surface area contributed by atoms with E-state index in [1.807, 2.05) is 0 Å². The minimum absolute atomic E-state index is 0.00725. The molecular weight excluding hydrogens is 344 g/mol. The number of nitrogens with zero attached hydrogens (tertiary/aromatic N) is 4. The predicted octanol–water partition coefficient (Wildman–Crippen LogP) is 3.21. The number of carbonyl (C=O) groups is 1. The summed E-state index contributed by atoms with van der Waals surface area (Å²) in [5.74, 6) is -3.39. The molecule has 0 unspecified atom stereocenters. The molecule has 0 saturated carbocycles. The molecule has 0 spiro atoms. The number of benzene rings is 1. The maximum atomic E-state index is 13.4. The molecule has 1 aromatic carbocycles. The Morgan fingerprint density at radius 2 is 1.88 bits per heavy atom. The third-order valence-corrected chi connectivity index (χ3v) is 3.30. The summed E-state index contributed by atoms with van der Waals surface area (Å²) in [4.78, 5) is 19.6. The lowest BCUT2D eigenvalue weighted by molar-refractivity contribution is 0.0514. The van der Waals surface area contributed by atoms with Gasteiger partial charge in [0.1, 0.15) is 11.3 Å². The lowest BCUT2D eigenvalue weighted by Gasteiger charge is -2.08. The molecule has 0 atom stereocenters. The van der Waals surface area contributed by atoms with Crippen molar-refractivity contribution < 1.29 is 27.1 Å². The Morgan fingerprint density at radius 1 is 1.20 bits per heavy atom. The Kier molecular flexibility index (Phi) is 4.34. The summed E-state index contributed by atoms with van der Waals surface area (Å²) in [5, 5.41) is 3.72. The molecule has 2 aromatic heterocycles. The Morgan fingerprint density at radius 3 is 2.52 bits per heavy atom. The molecule has 3 rings (SSSR count). The number of hydrogen-bond acceptors (Lipinski definition) is 5. The molecule has 0 amide bonds. The van der Waals surface area contributed by atoms with Gasteiger partial charge < -0.3 is 4.74 Å². The van der Waals surface area contributed by atoms with Gasteiger partial charge in [0.25, 0.3) is 6.43 Å². The Balaban J connectivity index is 2.14. The Hall–Kier alpha value is -3.04. The fourth-order valence-electron chi connectivity index (χ4n) is 2.22. The van der Waals surface area contributed by atoms with E-state index < -0.39 is 35.3 Å². The fourth-order valence-corrected chi connectivity index (χ4v) is 2.22. The zero-order valence-corrected chi connectivity index (χ0v) is 12.7. The lowest BCUT2D eigenvalue weighted by Crippen LogP contribution is -2.11. The van der Waals surface area contributed by atoms with Crippen LogP contribution in [-0.4, -0.2) is 32.3 Å². The van der Waals surface area contributed by atoms with Gasteiger partial charge in [0.2, 0.25) is 0 Å². The fraction of sp³-hybridized carbons (Fsp3) is 0.200. The van der Waals surface area contributed by atoms with E-state index in [2.05, 4.69) is 15.1 Å². The van der Waals surface area contributed by atoms with E-state index in [4.69, 9.17) is 4.74 Å². The highest BCUT2D eigenvalue weighted by atomic mass is 19.3. The first kappa shape index (κ1) is 16.8. The second kappa shape index (κ2) is 6.46. The summed E-state index contributed by atoms with van der Waals surface area (Å²) in [6.07, 6.45) is -1.06. The van der Waals surface area contributed by atoms with Crippen LogP contribution in [0.25, 0.3) is 16.9 Å². The highest BCUT2D eigenvalue weighted by Crippen LogP contribution is 2.26. The van der Waals surface area contributed by atoms with Gasteiger partial charge in [-0.2, -0.15) is 5.10 Å². The highest BCUT2D eigenvalue weighted by Gasteiger charge is 2.27. The van der Waals surface area contributed by atoms with Crippen LogP contribution in [-0.2, 0) is 4.74 Å². The van der Waals surface area contributed by atoms with Gasteiger partial charge in [0.05, 0.1) is 30.0 Å². The van der Waals surface area contributed by atoms with E-state index in [1.54, 1.807) is 0 Å². The van der Waals surface area contributed by atoms with Gasteiger partial charge in [0.15, 0.2) is 17.5 Å². The van der Waals surface area contributed by atoms with E-state index in [-0.39, 0.29) is 23.5 Å². The molecule has 0 radical (unpaired) electrons. The zero-order chi connectivity index (χ0) is 18.1. The average Bonchev–Trinajstić information content (AvgIpc) is 3.01. The first-order valence-corrected chi connectivity index (χ1v) is 7.07.